The van der Waals surface area contributed by atoms with Crippen LogP contribution in [0.4, 0.5) is 0 Å². The van der Waals surface area contributed by atoms with Gasteiger partial charge in [-0.25, -0.2) is 0 Å². The summed E-state index contributed by atoms with van der Waals surface area (Å²) in [4.78, 5) is 10.4. The maximum atomic E-state index is 10.4. The first kappa shape index (κ1) is 8.98. The first-order valence-corrected chi connectivity index (χ1v) is 5.31. The Balaban J connectivity index is 2.19. The molecule has 2 bridgehead atoms. The van der Waals surface area contributed by atoms with E-state index < -0.39 is 0 Å². The molecule has 0 radical (unpaired) electrons. The van der Waals surface area contributed by atoms with E-state index in [1.54, 1.807) is 11.1 Å². The third-order valence-corrected chi connectivity index (χ3v) is 4.07. The molecule has 0 aromatic heterocycles. The molecule has 2 rings (SSSR count). The lowest BCUT2D eigenvalue weighted by atomic mass is 9.79. The highest BCUT2D eigenvalue weighted by Crippen LogP contribution is 2.57. The lowest BCUT2D eigenvalue weighted by Crippen LogP contribution is -2.13. The van der Waals surface area contributed by atoms with Gasteiger partial charge in [-0.2, -0.15) is 0 Å². The van der Waals surface area contributed by atoms with Crippen molar-refractivity contribution in [1.82, 2.24) is 0 Å². The van der Waals surface area contributed by atoms with Crippen molar-refractivity contribution in [3.63, 3.8) is 0 Å². The molecular weight excluding hydrogens is 160 g/mol. The summed E-state index contributed by atoms with van der Waals surface area (Å²) in [6.45, 7) is 4.65. The Morgan fingerprint density at radius 2 is 2.38 bits per heavy atom. The SMILES string of the molecule is CC1=C(CCC=O)C2(C)CCC1C2. The van der Waals surface area contributed by atoms with Gasteiger partial charge in [0.2, 0.25) is 0 Å². The highest BCUT2D eigenvalue weighted by Gasteiger charge is 2.45. The van der Waals surface area contributed by atoms with Gasteiger partial charge in [-0.3, -0.25) is 0 Å². The molecule has 1 fully saturated rings. The zero-order valence-electron chi connectivity index (χ0n) is 8.60. The van der Waals surface area contributed by atoms with E-state index in [9.17, 15) is 4.79 Å². The summed E-state index contributed by atoms with van der Waals surface area (Å²) in [5.41, 5.74) is 3.68. The standard InChI is InChI=1S/C12H18O/c1-9-10-5-6-12(2,8-10)11(9)4-3-7-13/h7,10H,3-6,8H2,1-2H3. The van der Waals surface area contributed by atoms with E-state index in [4.69, 9.17) is 0 Å². The van der Waals surface area contributed by atoms with Crippen LogP contribution < -0.4 is 0 Å². The Labute approximate surface area is 80.2 Å². The van der Waals surface area contributed by atoms with Crippen LogP contribution in [0.1, 0.15) is 46.0 Å². The van der Waals surface area contributed by atoms with Crippen LogP contribution in [0.15, 0.2) is 11.1 Å². The van der Waals surface area contributed by atoms with Crippen LogP contribution in [0.3, 0.4) is 0 Å². The maximum Gasteiger partial charge on any atom is 0.120 e. The van der Waals surface area contributed by atoms with Crippen LogP contribution in [0.5, 0.6) is 0 Å². The summed E-state index contributed by atoms with van der Waals surface area (Å²) in [6, 6.07) is 0. The van der Waals surface area contributed by atoms with Crippen LogP contribution in [-0.4, -0.2) is 6.29 Å². The van der Waals surface area contributed by atoms with Crippen molar-refractivity contribution in [2.45, 2.75) is 46.0 Å². The van der Waals surface area contributed by atoms with Crippen LogP contribution in [-0.2, 0) is 4.79 Å². The third-order valence-electron chi connectivity index (χ3n) is 4.07. The molecule has 0 aromatic carbocycles. The molecule has 2 aliphatic carbocycles. The van der Waals surface area contributed by atoms with Gasteiger partial charge in [0.25, 0.3) is 0 Å². The molecular formula is C12H18O. The molecule has 1 nitrogen and oxygen atoms in total. The Morgan fingerprint density at radius 3 is 2.92 bits per heavy atom. The minimum absolute atomic E-state index is 0.470. The van der Waals surface area contributed by atoms with Crippen molar-refractivity contribution < 1.29 is 4.79 Å². The molecule has 0 N–H and O–H groups in total. The molecule has 0 spiro atoms. The Bertz CT molecular complexity index is 264. The number of rotatable bonds is 3. The number of carbonyl (C=O) groups is 1. The van der Waals surface area contributed by atoms with Crippen LogP contribution in [0.2, 0.25) is 0 Å². The van der Waals surface area contributed by atoms with Gasteiger partial charge in [0.15, 0.2) is 0 Å². The zero-order chi connectivity index (χ0) is 9.47. The summed E-state index contributed by atoms with van der Waals surface area (Å²) < 4.78 is 0. The van der Waals surface area contributed by atoms with Crippen molar-refractivity contribution in [1.29, 1.82) is 0 Å². The van der Waals surface area contributed by atoms with Crippen molar-refractivity contribution in [3.8, 4) is 0 Å². The van der Waals surface area contributed by atoms with Gasteiger partial charge >= 0.3 is 0 Å². The first-order chi connectivity index (χ1) is 6.17. The van der Waals surface area contributed by atoms with Gasteiger partial charge in [0, 0.05) is 6.42 Å². The molecule has 0 heterocycles. The Kier molecular flexibility index (Phi) is 2.05. The summed E-state index contributed by atoms with van der Waals surface area (Å²) in [5, 5.41) is 0. The van der Waals surface area contributed by atoms with Crippen molar-refractivity contribution >= 4 is 6.29 Å². The Hall–Kier alpha value is -0.590. The average molecular weight is 178 g/mol. The van der Waals surface area contributed by atoms with Gasteiger partial charge in [-0.1, -0.05) is 18.1 Å². The molecule has 1 heteroatoms. The van der Waals surface area contributed by atoms with Crippen molar-refractivity contribution in [2.24, 2.45) is 11.3 Å². The fraction of sp³-hybridized carbons (Fsp3) is 0.750. The Morgan fingerprint density at radius 1 is 1.62 bits per heavy atom. The second kappa shape index (κ2) is 2.97. The van der Waals surface area contributed by atoms with Crippen molar-refractivity contribution in [3.05, 3.63) is 11.1 Å². The maximum absolute atomic E-state index is 10.4. The molecule has 13 heavy (non-hydrogen) atoms. The molecule has 72 valence electrons. The predicted octanol–water partition coefficient (Wildman–Crippen LogP) is 3.10. The van der Waals surface area contributed by atoms with Crippen LogP contribution in [0.25, 0.3) is 0 Å². The topological polar surface area (TPSA) is 17.1 Å². The molecule has 0 saturated heterocycles. The van der Waals surface area contributed by atoms with Gasteiger partial charge in [0.1, 0.15) is 6.29 Å². The molecule has 2 atom stereocenters. The van der Waals surface area contributed by atoms with Gasteiger partial charge in [0.05, 0.1) is 0 Å². The second-order valence-electron chi connectivity index (χ2n) is 4.87. The van der Waals surface area contributed by atoms with E-state index in [2.05, 4.69) is 13.8 Å². The van der Waals surface area contributed by atoms with E-state index in [1.165, 1.54) is 19.3 Å². The van der Waals surface area contributed by atoms with Gasteiger partial charge in [-0.15, -0.1) is 0 Å². The summed E-state index contributed by atoms with van der Waals surface area (Å²) in [7, 11) is 0. The minimum atomic E-state index is 0.470. The number of allylic oxidation sites excluding steroid dienone is 2. The largest absolute Gasteiger partial charge is 0.303 e. The fourth-order valence-electron chi connectivity index (χ4n) is 3.31. The van der Waals surface area contributed by atoms with Gasteiger partial charge in [-0.05, 0) is 43.9 Å². The number of hydrogen-bond acceptors (Lipinski definition) is 1. The smallest absolute Gasteiger partial charge is 0.120 e. The summed E-state index contributed by atoms with van der Waals surface area (Å²) in [5.74, 6) is 0.853. The van der Waals surface area contributed by atoms with Crippen LogP contribution >= 0.6 is 0 Å². The molecule has 0 aliphatic heterocycles. The lowest BCUT2D eigenvalue weighted by molar-refractivity contribution is -0.107. The summed E-state index contributed by atoms with van der Waals surface area (Å²) in [6.07, 6.45) is 6.87. The normalized spacial score (nSPS) is 37.2. The first-order valence-electron chi connectivity index (χ1n) is 5.31. The molecule has 0 amide bonds. The quantitative estimate of drug-likeness (QED) is 0.479. The van der Waals surface area contributed by atoms with E-state index in [1.807, 2.05) is 0 Å². The van der Waals surface area contributed by atoms with Crippen LogP contribution in [0, 0.1) is 11.3 Å². The molecule has 2 unspecified atom stereocenters. The summed E-state index contributed by atoms with van der Waals surface area (Å²) >= 11 is 0. The highest BCUT2D eigenvalue weighted by molar-refractivity contribution is 5.50. The van der Waals surface area contributed by atoms with E-state index >= 15 is 0 Å². The third kappa shape index (κ3) is 1.25. The lowest BCUT2D eigenvalue weighted by Gasteiger charge is -2.26. The monoisotopic (exact) mass is 178 g/mol. The van der Waals surface area contributed by atoms with E-state index in [-0.39, 0.29) is 0 Å². The zero-order valence-corrected chi connectivity index (χ0v) is 8.60. The number of hydrogen-bond donors (Lipinski definition) is 0. The minimum Gasteiger partial charge on any atom is -0.303 e. The molecule has 2 aliphatic rings. The van der Waals surface area contributed by atoms with Gasteiger partial charge < -0.3 is 4.79 Å². The number of carbonyl (C=O) groups excluding carboxylic acids is 1. The highest BCUT2D eigenvalue weighted by atomic mass is 16.1. The van der Waals surface area contributed by atoms with E-state index in [0.717, 1.165) is 25.0 Å². The average Bonchev–Trinajstić information content (AvgIpc) is 2.57. The fourth-order valence-corrected chi connectivity index (χ4v) is 3.31. The molecule has 1 saturated carbocycles. The second-order valence-corrected chi connectivity index (χ2v) is 4.87. The number of fused-ring (bicyclic) bond motifs is 2. The van der Waals surface area contributed by atoms with Crippen molar-refractivity contribution in [2.75, 3.05) is 0 Å². The number of aldehydes is 1. The molecule has 0 aromatic rings. The van der Waals surface area contributed by atoms with E-state index in [0.29, 0.717) is 5.41 Å². The predicted molar refractivity (Wildman–Crippen MR) is 53.4 cm³/mol.